The number of aryl methyl sites for hydroxylation is 1. The third-order valence-electron chi connectivity index (χ3n) is 8.85. The number of carboxylic acid groups (broad SMARTS) is 1. The summed E-state index contributed by atoms with van der Waals surface area (Å²) >= 11 is 0. The van der Waals surface area contributed by atoms with Crippen molar-refractivity contribution in [3.05, 3.63) is 83.1 Å². The Balaban J connectivity index is 1.11. The number of benzene rings is 2. The molecule has 1 amide bonds. The summed E-state index contributed by atoms with van der Waals surface area (Å²) in [6, 6.07) is 15.3. The molecule has 0 aliphatic carbocycles. The first kappa shape index (κ1) is 34.9. The number of carbonyl (C=O) groups excluding carboxylic acids is 1. The van der Waals surface area contributed by atoms with Gasteiger partial charge in [0.15, 0.2) is 0 Å². The van der Waals surface area contributed by atoms with E-state index < -0.39 is 17.4 Å². The average molecular weight is 661 g/mol. The van der Waals surface area contributed by atoms with Crippen LogP contribution in [-0.4, -0.2) is 80.3 Å². The summed E-state index contributed by atoms with van der Waals surface area (Å²) in [4.78, 5) is 37.8. The second kappa shape index (κ2) is 15.2. The zero-order valence-corrected chi connectivity index (χ0v) is 28.3. The molecule has 0 atom stereocenters. The number of amides is 1. The molecular weight excluding hydrogens is 615 g/mol. The van der Waals surface area contributed by atoms with Crippen molar-refractivity contribution in [2.75, 3.05) is 38.7 Å². The largest absolute Gasteiger partial charge is 0.478 e. The number of hydrogen-bond donors (Lipinski definition) is 2. The molecule has 3 heterocycles. The Morgan fingerprint density at radius 1 is 1.10 bits per heavy atom. The number of anilines is 1. The van der Waals surface area contributed by atoms with Gasteiger partial charge >= 0.3 is 5.97 Å². The summed E-state index contributed by atoms with van der Waals surface area (Å²) in [7, 11) is 3.86. The highest BCUT2D eigenvalue weighted by Gasteiger charge is 2.25. The highest BCUT2D eigenvalue weighted by Crippen LogP contribution is 2.29. The van der Waals surface area contributed by atoms with E-state index in [1.54, 1.807) is 36.4 Å². The fraction of sp³-hybridized carbons (Fsp3) is 0.444. The van der Waals surface area contributed by atoms with Gasteiger partial charge in [0.05, 0.1) is 41.9 Å². The van der Waals surface area contributed by atoms with Gasteiger partial charge in [-0.15, -0.1) is 0 Å². The highest BCUT2D eigenvalue weighted by molar-refractivity contribution is 5.92. The van der Waals surface area contributed by atoms with Crippen LogP contribution in [0.15, 0.2) is 54.6 Å². The van der Waals surface area contributed by atoms with E-state index in [9.17, 15) is 19.1 Å². The van der Waals surface area contributed by atoms with E-state index in [4.69, 9.17) is 19.4 Å². The zero-order valence-electron chi connectivity index (χ0n) is 28.3. The van der Waals surface area contributed by atoms with Crippen LogP contribution in [0.2, 0.25) is 0 Å². The SMILES string of the molecule is CCN(C)COC(C)(C)CC(=O)Nc1ccc(COc2cccc(C3CCN(Cc4nc5ccc(C(=O)O)cc5n4C)CC3)n2)c(F)c1. The second-order valence-corrected chi connectivity index (χ2v) is 13.1. The van der Waals surface area contributed by atoms with Crippen molar-refractivity contribution in [1.82, 2.24) is 24.3 Å². The van der Waals surface area contributed by atoms with Crippen molar-refractivity contribution < 1.29 is 28.6 Å². The highest BCUT2D eigenvalue weighted by atomic mass is 19.1. The van der Waals surface area contributed by atoms with Crippen LogP contribution in [0.4, 0.5) is 10.1 Å². The maximum absolute atomic E-state index is 15.0. The fourth-order valence-electron chi connectivity index (χ4n) is 5.75. The Morgan fingerprint density at radius 3 is 2.58 bits per heavy atom. The number of pyridine rings is 1. The van der Waals surface area contributed by atoms with Crippen molar-refractivity contribution in [2.45, 2.75) is 64.7 Å². The van der Waals surface area contributed by atoms with Gasteiger partial charge < -0.3 is 24.5 Å². The number of fused-ring (bicyclic) bond motifs is 1. The Morgan fingerprint density at radius 2 is 1.88 bits per heavy atom. The standard InChI is InChI=1S/C36H45FN6O5/c1-6-41(4)23-48-36(2,3)20-33(44)38-27-12-10-26(28(37)19-27)22-47-34-9-7-8-29(40-34)24-14-16-43(17-15-24)21-32-39-30-13-11-25(35(45)46)18-31(30)42(32)5/h7-13,18-19,24H,6,14-17,20-23H2,1-5H3,(H,38,44)(H,45,46). The summed E-state index contributed by atoms with van der Waals surface area (Å²) in [6.07, 6.45) is 1.98. The smallest absolute Gasteiger partial charge is 0.335 e. The van der Waals surface area contributed by atoms with Gasteiger partial charge in [-0.2, -0.15) is 0 Å². The lowest BCUT2D eigenvalue weighted by Crippen LogP contribution is -2.35. The van der Waals surface area contributed by atoms with Gasteiger partial charge in [0.1, 0.15) is 18.2 Å². The van der Waals surface area contributed by atoms with E-state index in [0.717, 1.165) is 55.0 Å². The number of nitrogens with one attached hydrogen (secondary N) is 1. The number of aromatic carboxylic acids is 1. The van der Waals surface area contributed by atoms with Gasteiger partial charge in [0.2, 0.25) is 11.8 Å². The van der Waals surface area contributed by atoms with E-state index in [0.29, 0.717) is 30.4 Å². The zero-order chi connectivity index (χ0) is 34.4. The minimum absolute atomic E-state index is 0.00670. The number of rotatable bonds is 14. The van der Waals surface area contributed by atoms with Gasteiger partial charge in [-0.05, 0) is 89.8 Å². The van der Waals surface area contributed by atoms with Crippen LogP contribution in [0.1, 0.15) is 73.4 Å². The first-order chi connectivity index (χ1) is 22.9. The molecule has 1 aliphatic rings. The van der Waals surface area contributed by atoms with Gasteiger partial charge in [0.25, 0.3) is 0 Å². The maximum atomic E-state index is 15.0. The van der Waals surface area contributed by atoms with Crippen molar-refractivity contribution >= 4 is 28.6 Å². The molecule has 48 heavy (non-hydrogen) atoms. The minimum atomic E-state index is -0.953. The van der Waals surface area contributed by atoms with E-state index in [1.165, 1.54) is 6.07 Å². The van der Waals surface area contributed by atoms with Crippen LogP contribution in [0.25, 0.3) is 11.0 Å². The normalized spacial score (nSPS) is 14.5. The number of ether oxygens (including phenoxy) is 2. The average Bonchev–Trinajstić information content (AvgIpc) is 3.37. The lowest BCUT2D eigenvalue weighted by atomic mass is 9.93. The number of imidazole rings is 1. The van der Waals surface area contributed by atoms with E-state index in [2.05, 4.69) is 10.2 Å². The summed E-state index contributed by atoms with van der Waals surface area (Å²) in [5, 5.41) is 12.1. The lowest BCUT2D eigenvalue weighted by Gasteiger charge is -2.31. The molecule has 2 aromatic carbocycles. The predicted octanol–water partition coefficient (Wildman–Crippen LogP) is 5.80. The number of hydrogen-bond acceptors (Lipinski definition) is 8. The molecule has 2 aromatic heterocycles. The Bertz CT molecular complexity index is 1750. The number of piperidine rings is 1. The van der Waals surface area contributed by atoms with Crippen LogP contribution in [-0.2, 0) is 29.7 Å². The number of carbonyl (C=O) groups is 2. The molecule has 0 unspecified atom stereocenters. The van der Waals surface area contributed by atoms with Gasteiger partial charge in [-0.25, -0.2) is 19.2 Å². The number of carboxylic acids is 1. The third-order valence-corrected chi connectivity index (χ3v) is 8.85. The van der Waals surface area contributed by atoms with Crippen molar-refractivity contribution in [3.8, 4) is 5.88 Å². The Kier molecular flexibility index (Phi) is 11.1. The fourth-order valence-corrected chi connectivity index (χ4v) is 5.75. The molecule has 0 bridgehead atoms. The lowest BCUT2D eigenvalue weighted by molar-refractivity contribution is -0.125. The van der Waals surface area contributed by atoms with Crippen molar-refractivity contribution in [2.24, 2.45) is 7.05 Å². The predicted molar refractivity (Wildman–Crippen MR) is 181 cm³/mol. The Hall–Kier alpha value is -4.39. The number of halogens is 1. The van der Waals surface area contributed by atoms with Gasteiger partial charge in [0, 0.05) is 36.0 Å². The van der Waals surface area contributed by atoms with Gasteiger partial charge in [-0.1, -0.05) is 19.1 Å². The van der Waals surface area contributed by atoms with E-state index >= 15 is 0 Å². The van der Waals surface area contributed by atoms with Crippen LogP contribution < -0.4 is 10.1 Å². The van der Waals surface area contributed by atoms with E-state index in [1.807, 2.05) is 56.5 Å². The van der Waals surface area contributed by atoms with E-state index in [-0.39, 0.29) is 30.4 Å². The molecule has 12 heteroatoms. The maximum Gasteiger partial charge on any atom is 0.335 e. The second-order valence-electron chi connectivity index (χ2n) is 13.1. The molecule has 4 aromatic rings. The van der Waals surface area contributed by atoms with Gasteiger partial charge in [-0.3, -0.25) is 14.6 Å². The van der Waals surface area contributed by atoms with Crippen molar-refractivity contribution in [1.29, 1.82) is 0 Å². The first-order valence-corrected chi connectivity index (χ1v) is 16.3. The molecule has 1 saturated heterocycles. The molecule has 0 radical (unpaired) electrons. The number of aromatic nitrogens is 3. The monoisotopic (exact) mass is 660 g/mol. The van der Waals surface area contributed by atoms with Crippen molar-refractivity contribution in [3.63, 3.8) is 0 Å². The molecule has 0 spiro atoms. The molecule has 5 rings (SSSR count). The molecule has 0 saturated carbocycles. The molecule has 11 nitrogen and oxygen atoms in total. The van der Waals surface area contributed by atoms with Crippen LogP contribution >= 0.6 is 0 Å². The quantitative estimate of drug-likeness (QED) is 0.162. The summed E-state index contributed by atoms with van der Waals surface area (Å²) in [5.41, 5.74) is 2.86. The summed E-state index contributed by atoms with van der Waals surface area (Å²) in [5.74, 6) is -0.0818. The van der Waals surface area contributed by atoms with Crippen LogP contribution in [0, 0.1) is 5.82 Å². The number of likely N-dealkylation sites (tertiary alicyclic amines) is 1. The first-order valence-electron chi connectivity index (χ1n) is 16.3. The van der Waals surface area contributed by atoms with Crippen LogP contribution in [0.5, 0.6) is 5.88 Å². The molecule has 2 N–H and O–H groups in total. The molecule has 1 aliphatic heterocycles. The molecular formula is C36H45FN6O5. The minimum Gasteiger partial charge on any atom is -0.478 e. The summed E-state index contributed by atoms with van der Waals surface area (Å²) < 4.78 is 28.7. The molecule has 256 valence electrons. The summed E-state index contributed by atoms with van der Waals surface area (Å²) in [6.45, 7) is 9.43. The Labute approximate surface area is 280 Å². The van der Waals surface area contributed by atoms with Crippen LogP contribution in [0.3, 0.4) is 0 Å². The number of nitrogens with zero attached hydrogens (tertiary/aromatic N) is 5. The molecule has 1 fully saturated rings. The third kappa shape index (κ3) is 8.94. The topological polar surface area (TPSA) is 122 Å².